The van der Waals surface area contributed by atoms with Crippen LogP contribution in [0.25, 0.3) is 0 Å². The number of amides is 1. The molecule has 0 aliphatic heterocycles. The van der Waals surface area contributed by atoms with Gasteiger partial charge in [-0.3, -0.25) is 4.79 Å². The van der Waals surface area contributed by atoms with E-state index in [-0.39, 0.29) is 12.0 Å². The average molecular weight is 235 g/mol. The van der Waals surface area contributed by atoms with Crippen molar-refractivity contribution in [3.05, 3.63) is 35.1 Å². The zero-order valence-electron chi connectivity index (χ0n) is 9.12. The number of methoxy groups -OCH3 is 1. The minimum absolute atomic E-state index is 0.0923. The lowest BCUT2D eigenvalue weighted by Crippen LogP contribution is -2.08. The molecule has 1 aromatic carbocycles. The fourth-order valence-corrected chi connectivity index (χ4v) is 1.10. The van der Waals surface area contributed by atoms with Crippen LogP contribution in [0.5, 0.6) is 0 Å². The molecule has 88 valence electrons. The van der Waals surface area contributed by atoms with Crippen molar-refractivity contribution in [2.75, 3.05) is 7.11 Å². The molecule has 1 aromatic rings. The molecular formula is C12H10FNO3. The fourth-order valence-electron chi connectivity index (χ4n) is 1.10. The Morgan fingerprint density at radius 3 is 2.76 bits per heavy atom. The molecule has 0 atom stereocenters. The van der Waals surface area contributed by atoms with Crippen molar-refractivity contribution in [3.8, 4) is 11.8 Å². The van der Waals surface area contributed by atoms with Gasteiger partial charge in [-0.15, -0.1) is 0 Å². The lowest BCUT2D eigenvalue weighted by molar-refractivity contribution is -0.117. The Morgan fingerprint density at radius 1 is 1.47 bits per heavy atom. The molecule has 0 fully saturated rings. The molecule has 1 rings (SSSR count). The number of halogens is 1. The van der Waals surface area contributed by atoms with Gasteiger partial charge in [-0.2, -0.15) is 0 Å². The van der Waals surface area contributed by atoms with Gasteiger partial charge >= 0.3 is 5.97 Å². The van der Waals surface area contributed by atoms with Crippen LogP contribution in [0.15, 0.2) is 18.2 Å². The van der Waals surface area contributed by atoms with E-state index in [1.807, 2.05) is 0 Å². The molecule has 0 aromatic heterocycles. The summed E-state index contributed by atoms with van der Waals surface area (Å²) in [5.74, 6) is 3.09. The van der Waals surface area contributed by atoms with E-state index < -0.39 is 17.7 Å². The molecule has 0 bridgehead atoms. The maximum absolute atomic E-state index is 13.2. The first-order valence-electron chi connectivity index (χ1n) is 4.69. The van der Waals surface area contributed by atoms with E-state index >= 15 is 0 Å². The van der Waals surface area contributed by atoms with Crippen LogP contribution in [0, 0.1) is 17.7 Å². The lowest BCUT2D eigenvalue weighted by Gasteiger charge is -2.01. The van der Waals surface area contributed by atoms with E-state index in [0.29, 0.717) is 5.56 Å². The number of esters is 1. The molecule has 0 radical (unpaired) electrons. The highest BCUT2D eigenvalue weighted by Gasteiger charge is 2.11. The Labute approximate surface area is 97.6 Å². The number of hydrogen-bond donors (Lipinski definition) is 1. The summed E-state index contributed by atoms with van der Waals surface area (Å²) in [6, 6.07) is 3.77. The van der Waals surface area contributed by atoms with Gasteiger partial charge in [0.05, 0.1) is 19.1 Å². The normalized spacial score (nSPS) is 9.06. The maximum atomic E-state index is 13.2. The van der Waals surface area contributed by atoms with Crippen molar-refractivity contribution < 1.29 is 18.7 Å². The second kappa shape index (κ2) is 5.66. The molecule has 17 heavy (non-hydrogen) atoms. The second-order valence-corrected chi connectivity index (χ2v) is 3.13. The standard InChI is InChI=1S/C12H10FNO3/c1-17-12(16)9-7-8(5-6-10(9)13)3-2-4-11(14)15/h5-7H,4H2,1H3,(H2,14,15). The highest BCUT2D eigenvalue weighted by molar-refractivity contribution is 5.90. The van der Waals surface area contributed by atoms with Gasteiger partial charge in [0.1, 0.15) is 5.82 Å². The Hall–Kier alpha value is -2.35. The summed E-state index contributed by atoms with van der Waals surface area (Å²) in [5.41, 5.74) is 5.12. The average Bonchev–Trinajstić information content (AvgIpc) is 2.30. The van der Waals surface area contributed by atoms with E-state index in [4.69, 9.17) is 5.73 Å². The molecule has 2 N–H and O–H groups in total. The van der Waals surface area contributed by atoms with Crippen molar-refractivity contribution in [3.63, 3.8) is 0 Å². The van der Waals surface area contributed by atoms with Crippen LogP contribution in [0.2, 0.25) is 0 Å². The van der Waals surface area contributed by atoms with Crippen molar-refractivity contribution in [1.82, 2.24) is 0 Å². The van der Waals surface area contributed by atoms with Gasteiger partial charge in [-0.1, -0.05) is 11.8 Å². The van der Waals surface area contributed by atoms with E-state index in [2.05, 4.69) is 16.6 Å². The van der Waals surface area contributed by atoms with Gasteiger partial charge in [-0.25, -0.2) is 9.18 Å². The monoisotopic (exact) mass is 235 g/mol. The number of primary amides is 1. The number of rotatable bonds is 2. The number of hydrogen-bond acceptors (Lipinski definition) is 3. The minimum atomic E-state index is -0.777. The molecule has 0 aliphatic carbocycles. The topological polar surface area (TPSA) is 69.4 Å². The van der Waals surface area contributed by atoms with Crippen LogP contribution < -0.4 is 5.73 Å². The van der Waals surface area contributed by atoms with Gasteiger partial charge in [0, 0.05) is 5.56 Å². The van der Waals surface area contributed by atoms with Gasteiger partial charge in [-0.05, 0) is 18.2 Å². The van der Waals surface area contributed by atoms with E-state index in [0.717, 1.165) is 13.2 Å². The fraction of sp³-hybridized carbons (Fsp3) is 0.167. The summed E-state index contributed by atoms with van der Waals surface area (Å²) in [4.78, 5) is 21.6. The van der Waals surface area contributed by atoms with Gasteiger partial charge in [0.25, 0.3) is 0 Å². The molecule has 5 heteroatoms. The number of benzene rings is 1. The summed E-state index contributed by atoms with van der Waals surface area (Å²) in [5, 5.41) is 0. The first kappa shape index (κ1) is 12.7. The molecule has 1 amide bonds. The molecular weight excluding hydrogens is 225 g/mol. The highest BCUT2D eigenvalue weighted by atomic mass is 19.1. The molecule has 0 saturated heterocycles. The molecule has 0 saturated carbocycles. The zero-order valence-corrected chi connectivity index (χ0v) is 9.12. The van der Waals surface area contributed by atoms with Gasteiger partial charge in [0.2, 0.25) is 5.91 Å². The largest absolute Gasteiger partial charge is 0.465 e. The Bertz CT molecular complexity index is 514. The Kier molecular flexibility index (Phi) is 4.23. The van der Waals surface area contributed by atoms with Crippen molar-refractivity contribution in [2.24, 2.45) is 5.73 Å². The third-order valence-corrected chi connectivity index (χ3v) is 1.87. The molecule has 4 nitrogen and oxygen atoms in total. The highest BCUT2D eigenvalue weighted by Crippen LogP contribution is 2.11. The van der Waals surface area contributed by atoms with Gasteiger partial charge in [0.15, 0.2) is 0 Å². The molecule has 0 spiro atoms. The number of carbonyl (C=O) groups is 2. The molecule has 0 aliphatic rings. The van der Waals surface area contributed by atoms with Crippen molar-refractivity contribution >= 4 is 11.9 Å². The number of carbonyl (C=O) groups excluding carboxylic acids is 2. The SMILES string of the molecule is COC(=O)c1cc(C#CCC(N)=O)ccc1F. The third kappa shape index (κ3) is 3.61. The van der Waals surface area contributed by atoms with E-state index in [9.17, 15) is 14.0 Å². The predicted octanol–water partition coefficient (Wildman–Crippen LogP) is 0.839. The van der Waals surface area contributed by atoms with Gasteiger partial charge < -0.3 is 10.5 Å². The van der Waals surface area contributed by atoms with Crippen LogP contribution in [0.4, 0.5) is 4.39 Å². The molecule has 0 unspecified atom stereocenters. The summed E-state index contributed by atoms with van der Waals surface area (Å²) in [6.07, 6.45) is -0.0923. The van der Waals surface area contributed by atoms with Crippen LogP contribution in [0.3, 0.4) is 0 Å². The van der Waals surface area contributed by atoms with Crippen molar-refractivity contribution in [2.45, 2.75) is 6.42 Å². The number of ether oxygens (including phenoxy) is 1. The summed E-state index contributed by atoms with van der Waals surface area (Å²) >= 11 is 0. The lowest BCUT2D eigenvalue weighted by atomic mass is 10.1. The van der Waals surface area contributed by atoms with Crippen LogP contribution >= 0.6 is 0 Å². The zero-order chi connectivity index (χ0) is 12.8. The third-order valence-electron chi connectivity index (χ3n) is 1.87. The van der Waals surface area contributed by atoms with E-state index in [1.54, 1.807) is 0 Å². The minimum Gasteiger partial charge on any atom is -0.465 e. The second-order valence-electron chi connectivity index (χ2n) is 3.13. The first-order chi connectivity index (χ1) is 8.04. The predicted molar refractivity (Wildman–Crippen MR) is 58.4 cm³/mol. The summed E-state index contributed by atoms with van der Waals surface area (Å²) < 4.78 is 17.6. The Morgan fingerprint density at radius 2 is 2.18 bits per heavy atom. The quantitative estimate of drug-likeness (QED) is 0.610. The van der Waals surface area contributed by atoms with Crippen LogP contribution in [-0.4, -0.2) is 19.0 Å². The number of nitrogens with two attached hydrogens (primary N) is 1. The van der Waals surface area contributed by atoms with E-state index in [1.165, 1.54) is 12.1 Å². The van der Waals surface area contributed by atoms with Crippen LogP contribution in [0.1, 0.15) is 22.3 Å². The Balaban J connectivity index is 2.99. The summed E-state index contributed by atoms with van der Waals surface area (Å²) in [7, 11) is 1.16. The maximum Gasteiger partial charge on any atom is 0.340 e. The smallest absolute Gasteiger partial charge is 0.340 e. The first-order valence-corrected chi connectivity index (χ1v) is 4.69. The van der Waals surface area contributed by atoms with Crippen molar-refractivity contribution in [1.29, 1.82) is 0 Å². The van der Waals surface area contributed by atoms with Crippen LogP contribution in [-0.2, 0) is 9.53 Å². The molecule has 0 heterocycles. The summed E-state index contributed by atoms with van der Waals surface area (Å²) in [6.45, 7) is 0.